The van der Waals surface area contributed by atoms with E-state index in [0.29, 0.717) is 0 Å². The normalized spacial score (nSPS) is 22.7. The highest BCUT2D eigenvalue weighted by atomic mass is 32.1. The van der Waals surface area contributed by atoms with Crippen molar-refractivity contribution in [2.75, 3.05) is 50.8 Å². The second kappa shape index (κ2) is 7.64. The zero-order valence-corrected chi connectivity index (χ0v) is 14.9. The number of hydrogen-bond donors (Lipinski definition) is 0. The number of benzene rings is 1. The lowest BCUT2D eigenvalue weighted by molar-refractivity contribution is 0.0296. The largest absolute Gasteiger partial charge is 0.379 e. The molecule has 0 aliphatic carbocycles. The number of anilines is 1. The second-order valence-electron chi connectivity index (χ2n) is 6.75. The fraction of sp³-hybridized carbons (Fsp3) is 0.526. The fourth-order valence-corrected chi connectivity index (χ4v) is 4.56. The molecule has 1 atom stereocenters. The summed E-state index contributed by atoms with van der Waals surface area (Å²) in [7, 11) is 0. The highest BCUT2D eigenvalue weighted by Gasteiger charge is 2.24. The molecule has 1 aromatic heterocycles. The molecule has 1 aromatic carbocycles. The Kier molecular flexibility index (Phi) is 5.11. The monoisotopic (exact) mass is 343 g/mol. The van der Waals surface area contributed by atoms with E-state index in [1.54, 1.807) is 11.3 Å². The Labute approximate surface area is 148 Å². The van der Waals surface area contributed by atoms with Gasteiger partial charge in [-0.05, 0) is 18.8 Å². The van der Waals surface area contributed by atoms with Gasteiger partial charge >= 0.3 is 0 Å². The number of piperidine rings is 1. The van der Waals surface area contributed by atoms with E-state index in [1.807, 2.05) is 0 Å². The Morgan fingerprint density at radius 2 is 1.96 bits per heavy atom. The molecule has 2 aliphatic rings. The van der Waals surface area contributed by atoms with Crippen molar-refractivity contribution in [1.82, 2.24) is 9.88 Å². The molecule has 128 valence electrons. The molecule has 2 aliphatic heterocycles. The minimum absolute atomic E-state index is 0.751. The van der Waals surface area contributed by atoms with Crippen LogP contribution in [0.15, 0.2) is 35.7 Å². The molecule has 0 amide bonds. The number of nitrogens with zero attached hydrogens (tertiary/aromatic N) is 3. The zero-order chi connectivity index (χ0) is 16.2. The van der Waals surface area contributed by atoms with Crippen LogP contribution in [0.5, 0.6) is 0 Å². The Bertz CT molecular complexity index is 639. The van der Waals surface area contributed by atoms with Crippen LogP contribution >= 0.6 is 11.3 Å². The van der Waals surface area contributed by atoms with Gasteiger partial charge in [0.1, 0.15) is 0 Å². The van der Waals surface area contributed by atoms with Crippen molar-refractivity contribution in [2.45, 2.75) is 12.8 Å². The Balaban J connectivity index is 1.40. The van der Waals surface area contributed by atoms with Gasteiger partial charge in [-0.2, -0.15) is 0 Å². The van der Waals surface area contributed by atoms with Crippen molar-refractivity contribution in [3.8, 4) is 11.3 Å². The average Bonchev–Trinajstić information content (AvgIpc) is 3.14. The lowest BCUT2D eigenvalue weighted by Crippen LogP contribution is -2.44. The van der Waals surface area contributed by atoms with Gasteiger partial charge in [0.05, 0.1) is 18.9 Å². The van der Waals surface area contributed by atoms with Crippen molar-refractivity contribution in [3.05, 3.63) is 35.7 Å². The molecule has 2 fully saturated rings. The van der Waals surface area contributed by atoms with Gasteiger partial charge in [-0.15, -0.1) is 11.3 Å². The van der Waals surface area contributed by atoms with Gasteiger partial charge in [0.25, 0.3) is 0 Å². The fourth-order valence-electron chi connectivity index (χ4n) is 3.69. The van der Waals surface area contributed by atoms with E-state index in [9.17, 15) is 0 Å². The summed E-state index contributed by atoms with van der Waals surface area (Å²) in [5.74, 6) is 0.751. The van der Waals surface area contributed by atoms with Crippen LogP contribution in [0.4, 0.5) is 5.13 Å². The second-order valence-corrected chi connectivity index (χ2v) is 7.59. The molecule has 0 radical (unpaired) electrons. The van der Waals surface area contributed by atoms with Gasteiger partial charge < -0.3 is 9.64 Å². The summed E-state index contributed by atoms with van der Waals surface area (Å²) in [4.78, 5) is 9.95. The van der Waals surface area contributed by atoms with E-state index in [4.69, 9.17) is 9.72 Å². The predicted octanol–water partition coefficient (Wildman–Crippen LogP) is 3.36. The Morgan fingerprint density at radius 1 is 1.12 bits per heavy atom. The molecular formula is C19H25N3OS. The van der Waals surface area contributed by atoms with E-state index in [0.717, 1.165) is 51.0 Å². The average molecular weight is 343 g/mol. The molecule has 4 rings (SSSR count). The van der Waals surface area contributed by atoms with E-state index >= 15 is 0 Å². The Morgan fingerprint density at radius 3 is 2.79 bits per heavy atom. The molecule has 0 bridgehead atoms. The summed E-state index contributed by atoms with van der Waals surface area (Å²) in [5, 5.41) is 3.37. The molecular weight excluding hydrogens is 318 g/mol. The highest BCUT2D eigenvalue weighted by molar-refractivity contribution is 7.14. The van der Waals surface area contributed by atoms with Crippen LogP contribution in [0.3, 0.4) is 0 Å². The van der Waals surface area contributed by atoms with E-state index in [-0.39, 0.29) is 0 Å². The topological polar surface area (TPSA) is 28.6 Å². The molecule has 3 heterocycles. The van der Waals surface area contributed by atoms with Crippen molar-refractivity contribution >= 4 is 16.5 Å². The number of rotatable bonds is 4. The minimum atomic E-state index is 0.751. The third-order valence-corrected chi connectivity index (χ3v) is 5.87. The first kappa shape index (κ1) is 16.1. The molecule has 24 heavy (non-hydrogen) atoms. The van der Waals surface area contributed by atoms with Gasteiger partial charge in [-0.25, -0.2) is 4.98 Å². The van der Waals surface area contributed by atoms with Crippen LogP contribution in [0, 0.1) is 5.92 Å². The van der Waals surface area contributed by atoms with E-state index in [2.05, 4.69) is 45.5 Å². The lowest BCUT2D eigenvalue weighted by Gasteiger charge is -2.36. The molecule has 4 nitrogen and oxygen atoms in total. The van der Waals surface area contributed by atoms with Crippen molar-refractivity contribution in [1.29, 1.82) is 0 Å². The smallest absolute Gasteiger partial charge is 0.185 e. The Hall–Kier alpha value is -1.43. The zero-order valence-electron chi connectivity index (χ0n) is 14.1. The van der Waals surface area contributed by atoms with Gasteiger partial charge in [0.15, 0.2) is 5.13 Å². The van der Waals surface area contributed by atoms with Crippen LogP contribution in [0.2, 0.25) is 0 Å². The number of aromatic nitrogens is 1. The third kappa shape index (κ3) is 3.79. The maximum absolute atomic E-state index is 5.46. The van der Waals surface area contributed by atoms with Gasteiger partial charge in [-0.1, -0.05) is 30.3 Å². The summed E-state index contributed by atoms with van der Waals surface area (Å²) >= 11 is 1.78. The third-order valence-electron chi connectivity index (χ3n) is 4.97. The molecule has 2 aromatic rings. The van der Waals surface area contributed by atoms with Gasteiger partial charge in [0, 0.05) is 43.7 Å². The summed E-state index contributed by atoms with van der Waals surface area (Å²) in [6.07, 6.45) is 2.61. The van der Waals surface area contributed by atoms with Crippen molar-refractivity contribution in [2.24, 2.45) is 5.92 Å². The minimum Gasteiger partial charge on any atom is -0.379 e. The van der Waals surface area contributed by atoms with Crippen LogP contribution in [0.1, 0.15) is 12.8 Å². The van der Waals surface area contributed by atoms with E-state index in [1.165, 1.54) is 30.1 Å². The molecule has 5 heteroatoms. The van der Waals surface area contributed by atoms with E-state index < -0.39 is 0 Å². The van der Waals surface area contributed by atoms with Crippen LogP contribution in [-0.2, 0) is 4.74 Å². The first-order valence-corrected chi connectivity index (χ1v) is 9.82. The lowest BCUT2D eigenvalue weighted by atomic mass is 9.97. The number of ether oxygens (including phenoxy) is 1. The maximum Gasteiger partial charge on any atom is 0.185 e. The van der Waals surface area contributed by atoms with Crippen molar-refractivity contribution < 1.29 is 4.74 Å². The molecule has 0 spiro atoms. The van der Waals surface area contributed by atoms with Gasteiger partial charge in [-0.3, -0.25) is 4.90 Å². The first-order valence-electron chi connectivity index (χ1n) is 8.94. The highest BCUT2D eigenvalue weighted by Crippen LogP contribution is 2.30. The standard InChI is InChI=1S/C19H25N3OS/c1-2-6-17(7-3-1)18-15-24-19(20-18)22-8-4-5-16(14-22)13-21-9-11-23-12-10-21/h1-3,6-7,15-16H,4-5,8-14H2. The number of hydrogen-bond acceptors (Lipinski definition) is 5. The van der Waals surface area contributed by atoms with Crippen LogP contribution < -0.4 is 4.90 Å². The van der Waals surface area contributed by atoms with Gasteiger partial charge in [0.2, 0.25) is 0 Å². The van der Waals surface area contributed by atoms with Crippen LogP contribution in [-0.4, -0.2) is 55.8 Å². The molecule has 0 N–H and O–H groups in total. The maximum atomic E-state index is 5.46. The van der Waals surface area contributed by atoms with Crippen molar-refractivity contribution in [3.63, 3.8) is 0 Å². The SMILES string of the molecule is c1ccc(-c2csc(N3CCCC(CN4CCOCC4)C3)n2)cc1. The van der Waals surface area contributed by atoms with Crippen LogP contribution in [0.25, 0.3) is 11.3 Å². The summed E-state index contributed by atoms with van der Waals surface area (Å²) in [6.45, 7) is 7.45. The summed E-state index contributed by atoms with van der Waals surface area (Å²) in [5.41, 5.74) is 2.31. The first-order chi connectivity index (χ1) is 11.9. The number of thiazole rings is 1. The molecule has 0 saturated carbocycles. The molecule has 2 saturated heterocycles. The molecule has 1 unspecified atom stereocenters. The quantitative estimate of drug-likeness (QED) is 0.851. The summed E-state index contributed by atoms with van der Waals surface area (Å²) < 4.78 is 5.46. The summed E-state index contributed by atoms with van der Waals surface area (Å²) in [6, 6.07) is 10.5. The predicted molar refractivity (Wildman–Crippen MR) is 99.7 cm³/mol. The number of morpholine rings is 1.